The fourth-order valence-electron chi connectivity index (χ4n) is 4.55. The molecule has 0 spiro atoms. The Hall–Kier alpha value is -4.10. The first-order valence-electron chi connectivity index (χ1n) is 15.4. The van der Waals surface area contributed by atoms with Gasteiger partial charge in [-0.3, -0.25) is 5.32 Å². The van der Waals surface area contributed by atoms with Gasteiger partial charge in [0.1, 0.15) is 29.6 Å². The van der Waals surface area contributed by atoms with Crippen molar-refractivity contribution in [2.45, 2.75) is 110 Å². The van der Waals surface area contributed by atoms with E-state index < -0.39 is 41.2 Å². The van der Waals surface area contributed by atoms with Gasteiger partial charge < -0.3 is 23.6 Å². The predicted octanol–water partition coefficient (Wildman–Crippen LogP) is 8.22. The lowest BCUT2D eigenvalue weighted by Crippen LogP contribution is -2.46. The van der Waals surface area contributed by atoms with Crippen molar-refractivity contribution in [1.29, 1.82) is 0 Å². The maximum Gasteiger partial charge on any atom is 0.437 e. The molecule has 1 atom stereocenters. The Balaban J connectivity index is 1.85. The highest BCUT2D eigenvalue weighted by atomic mass is 19.4. The average Bonchev–Trinajstić information content (AvgIpc) is 3.60. The monoisotopic (exact) mass is 651 g/mol. The molecule has 1 fully saturated rings. The number of alkyl halides is 3. The van der Waals surface area contributed by atoms with Crippen LogP contribution < -0.4 is 10.1 Å². The molecule has 14 heteroatoms. The number of amides is 2. The maximum absolute atomic E-state index is 14.0. The number of benzene rings is 1. The standard InChI is InChI=1S/C32H44F3N5O6/c1-8-9-10-11-12-13-19-43-24-17-16-21(20-22(24)32(33,34)35)25-36-26(46-39-25)23-15-14-18-40(23)27(37-28(41)44-30(2,3)4)38-29(42)45-31(5,6)7/h12-13,16-17,20,23H,8-11,14-15,18-19H2,1-7H3,(H,37,38,41,42)/t23-/m0/s1. The molecule has 2 heterocycles. The van der Waals surface area contributed by atoms with E-state index in [9.17, 15) is 22.8 Å². The van der Waals surface area contributed by atoms with Crippen LogP contribution in [0.5, 0.6) is 5.75 Å². The van der Waals surface area contributed by atoms with Gasteiger partial charge in [0.05, 0.1) is 5.56 Å². The van der Waals surface area contributed by atoms with Crippen LogP contribution in [0.25, 0.3) is 11.4 Å². The van der Waals surface area contributed by atoms with Gasteiger partial charge >= 0.3 is 18.4 Å². The van der Waals surface area contributed by atoms with E-state index >= 15 is 0 Å². The number of nitrogens with zero attached hydrogens (tertiary/aromatic N) is 4. The van der Waals surface area contributed by atoms with Crippen LogP contribution in [-0.4, -0.2) is 57.5 Å². The van der Waals surface area contributed by atoms with Crippen molar-refractivity contribution in [3.8, 4) is 17.1 Å². The molecule has 0 unspecified atom stereocenters. The number of aromatic nitrogens is 2. The molecule has 1 aromatic heterocycles. The molecule has 0 aliphatic carbocycles. The van der Waals surface area contributed by atoms with Crippen LogP contribution >= 0.6 is 0 Å². The number of guanidine groups is 1. The van der Waals surface area contributed by atoms with E-state index in [0.717, 1.165) is 31.7 Å². The number of carbonyl (C=O) groups is 2. The summed E-state index contributed by atoms with van der Waals surface area (Å²) in [7, 11) is 0. The van der Waals surface area contributed by atoms with E-state index in [1.807, 2.05) is 6.08 Å². The predicted molar refractivity (Wildman–Crippen MR) is 165 cm³/mol. The third-order valence-corrected chi connectivity index (χ3v) is 6.47. The number of allylic oxidation sites excluding steroid dienone is 1. The van der Waals surface area contributed by atoms with E-state index in [4.69, 9.17) is 18.7 Å². The molecule has 0 saturated carbocycles. The molecule has 1 aliphatic rings. The van der Waals surface area contributed by atoms with Crippen LogP contribution in [0.2, 0.25) is 0 Å². The van der Waals surface area contributed by atoms with Crippen molar-refractivity contribution in [2.75, 3.05) is 13.2 Å². The number of hydrogen-bond acceptors (Lipinski definition) is 8. The third kappa shape index (κ3) is 11.4. The maximum atomic E-state index is 14.0. The highest BCUT2D eigenvalue weighted by Crippen LogP contribution is 2.39. The van der Waals surface area contributed by atoms with E-state index in [2.05, 4.69) is 27.4 Å². The average molecular weight is 652 g/mol. The molecule has 1 aromatic carbocycles. The lowest BCUT2D eigenvalue weighted by Gasteiger charge is -2.27. The van der Waals surface area contributed by atoms with Gasteiger partial charge in [0.2, 0.25) is 17.7 Å². The molecule has 1 saturated heterocycles. The highest BCUT2D eigenvalue weighted by Gasteiger charge is 2.37. The van der Waals surface area contributed by atoms with Crippen molar-refractivity contribution in [1.82, 2.24) is 20.4 Å². The molecular weight excluding hydrogens is 607 g/mol. The summed E-state index contributed by atoms with van der Waals surface area (Å²) in [5.74, 6) is -0.458. The Labute approximate surface area is 267 Å². The summed E-state index contributed by atoms with van der Waals surface area (Å²) in [5.41, 5.74) is -2.56. The molecule has 2 aromatic rings. The minimum atomic E-state index is -4.69. The van der Waals surface area contributed by atoms with Crippen molar-refractivity contribution in [2.24, 2.45) is 4.99 Å². The Bertz CT molecular complexity index is 1390. The molecule has 11 nitrogen and oxygen atoms in total. The second-order valence-electron chi connectivity index (χ2n) is 12.8. The van der Waals surface area contributed by atoms with Crippen LogP contribution in [0.3, 0.4) is 0 Å². The third-order valence-electron chi connectivity index (χ3n) is 6.47. The largest absolute Gasteiger partial charge is 0.489 e. The Morgan fingerprint density at radius 1 is 1.09 bits per heavy atom. The van der Waals surface area contributed by atoms with Gasteiger partial charge in [-0.2, -0.15) is 18.2 Å². The number of alkyl carbamates (subject to hydrolysis) is 1. The van der Waals surface area contributed by atoms with Gasteiger partial charge in [0.15, 0.2) is 0 Å². The van der Waals surface area contributed by atoms with Gasteiger partial charge in [0.25, 0.3) is 0 Å². The summed E-state index contributed by atoms with van der Waals surface area (Å²) >= 11 is 0. The van der Waals surface area contributed by atoms with Crippen LogP contribution in [0.1, 0.15) is 104 Å². The number of aliphatic imine (C=N–C) groups is 1. The second kappa shape index (κ2) is 15.5. The number of likely N-dealkylation sites (tertiary alicyclic amines) is 1. The van der Waals surface area contributed by atoms with Crippen LogP contribution in [0.15, 0.2) is 39.9 Å². The minimum Gasteiger partial charge on any atom is -0.489 e. The quantitative estimate of drug-likeness (QED) is 0.123. The fourth-order valence-corrected chi connectivity index (χ4v) is 4.55. The summed E-state index contributed by atoms with van der Waals surface area (Å²) in [6.45, 7) is 12.5. The van der Waals surface area contributed by atoms with Crippen LogP contribution in [0.4, 0.5) is 22.8 Å². The topological polar surface area (TPSA) is 128 Å². The van der Waals surface area contributed by atoms with Crippen molar-refractivity contribution in [3.63, 3.8) is 0 Å². The molecule has 0 bridgehead atoms. The van der Waals surface area contributed by atoms with E-state index in [0.29, 0.717) is 19.4 Å². The van der Waals surface area contributed by atoms with Crippen molar-refractivity contribution in [3.05, 3.63) is 41.8 Å². The fraction of sp³-hybridized carbons (Fsp3) is 0.594. The first-order chi connectivity index (χ1) is 21.5. The van der Waals surface area contributed by atoms with E-state index in [-0.39, 0.29) is 35.6 Å². The van der Waals surface area contributed by atoms with E-state index in [1.165, 1.54) is 12.1 Å². The second-order valence-corrected chi connectivity index (χ2v) is 12.8. The molecule has 1 aliphatic heterocycles. The summed E-state index contributed by atoms with van der Waals surface area (Å²) < 4.78 is 63.6. The first kappa shape index (κ1) is 36.4. The Morgan fingerprint density at radius 3 is 2.46 bits per heavy atom. The number of hydrogen-bond donors (Lipinski definition) is 1. The summed E-state index contributed by atoms with van der Waals surface area (Å²) in [4.78, 5) is 35.2. The zero-order valence-corrected chi connectivity index (χ0v) is 27.5. The Morgan fingerprint density at radius 2 is 1.80 bits per heavy atom. The smallest absolute Gasteiger partial charge is 0.437 e. The summed E-state index contributed by atoms with van der Waals surface area (Å²) in [6.07, 6.45) is 2.23. The molecule has 254 valence electrons. The number of rotatable bonds is 9. The van der Waals surface area contributed by atoms with Crippen LogP contribution in [-0.2, 0) is 15.7 Å². The van der Waals surface area contributed by atoms with Gasteiger partial charge in [-0.05, 0) is 85.4 Å². The zero-order valence-electron chi connectivity index (χ0n) is 27.5. The number of nitrogens with one attached hydrogen (secondary N) is 1. The number of halogens is 3. The minimum absolute atomic E-state index is 0.00291. The lowest BCUT2D eigenvalue weighted by atomic mass is 10.1. The molecule has 1 N–H and O–H groups in total. The zero-order chi connectivity index (χ0) is 34.1. The summed E-state index contributed by atoms with van der Waals surface area (Å²) in [6, 6.07) is 2.93. The van der Waals surface area contributed by atoms with Crippen molar-refractivity contribution >= 4 is 18.1 Å². The van der Waals surface area contributed by atoms with E-state index in [1.54, 1.807) is 52.5 Å². The molecular formula is C32H44F3N5O6. The van der Waals surface area contributed by atoms with Gasteiger partial charge in [0, 0.05) is 12.1 Å². The SMILES string of the molecule is CCCCCC=CCOc1ccc(-c2noc([C@@H]3CCCN3/C(=N/C(=O)OC(C)(C)C)NC(=O)OC(C)(C)C)n2)cc1C(F)(F)F. The summed E-state index contributed by atoms with van der Waals surface area (Å²) in [5, 5.41) is 6.45. The number of ether oxygens (including phenoxy) is 3. The molecule has 3 rings (SSSR count). The highest BCUT2D eigenvalue weighted by molar-refractivity contribution is 5.99. The number of unbranched alkanes of at least 4 members (excludes halogenated alkanes) is 3. The van der Waals surface area contributed by atoms with Gasteiger partial charge in [-0.1, -0.05) is 37.1 Å². The Kier molecular flexibility index (Phi) is 12.2. The van der Waals surface area contributed by atoms with Gasteiger partial charge in [-0.25, -0.2) is 9.59 Å². The van der Waals surface area contributed by atoms with Gasteiger partial charge in [-0.15, -0.1) is 4.99 Å². The molecule has 0 radical (unpaired) electrons. The normalized spacial score (nSPS) is 16.2. The number of carbonyl (C=O) groups excluding carboxylic acids is 2. The van der Waals surface area contributed by atoms with Crippen LogP contribution in [0, 0.1) is 0 Å². The molecule has 2 amide bonds. The van der Waals surface area contributed by atoms with Crippen molar-refractivity contribution < 1.29 is 41.5 Å². The lowest BCUT2D eigenvalue weighted by molar-refractivity contribution is -0.138. The first-order valence-corrected chi connectivity index (χ1v) is 15.4. The molecule has 46 heavy (non-hydrogen) atoms.